The van der Waals surface area contributed by atoms with Crippen molar-refractivity contribution in [2.24, 2.45) is 11.8 Å². The summed E-state index contributed by atoms with van der Waals surface area (Å²) in [6.07, 6.45) is 5.53. The van der Waals surface area contributed by atoms with Gasteiger partial charge in [0.2, 0.25) is 10.0 Å². The second-order valence-electron chi connectivity index (χ2n) is 11.3. The van der Waals surface area contributed by atoms with E-state index in [1.807, 2.05) is 4.72 Å². The Labute approximate surface area is 229 Å². The highest BCUT2D eigenvalue weighted by Gasteiger charge is 2.31. The fourth-order valence-electron chi connectivity index (χ4n) is 5.99. The number of fused-ring (bicyclic) bond motifs is 1. The molecule has 0 saturated carbocycles. The van der Waals surface area contributed by atoms with Crippen LogP contribution in [0.4, 0.5) is 10.1 Å². The van der Waals surface area contributed by atoms with Crippen LogP contribution < -0.4 is 9.62 Å². The Morgan fingerprint density at radius 2 is 1.62 bits per heavy atom. The van der Waals surface area contributed by atoms with Crippen LogP contribution in [0, 0.1) is 17.7 Å². The zero-order chi connectivity index (χ0) is 27.9. The number of carbonyl (C=O) groups excluding carboxylic acids is 1. The molecule has 0 unspecified atom stereocenters. The van der Waals surface area contributed by atoms with Crippen molar-refractivity contribution < 1.29 is 17.6 Å². The van der Waals surface area contributed by atoms with Gasteiger partial charge in [0.15, 0.2) is 5.65 Å². The van der Waals surface area contributed by atoms with Crippen molar-refractivity contribution in [3.05, 3.63) is 47.5 Å². The van der Waals surface area contributed by atoms with E-state index in [1.54, 1.807) is 22.9 Å². The maximum Gasteiger partial charge on any atom is 0.283 e. The number of pyridine rings is 1. The lowest BCUT2D eigenvalue weighted by Gasteiger charge is -2.40. The Morgan fingerprint density at radius 1 is 1.03 bits per heavy atom. The Bertz CT molecular complexity index is 1450. The number of halogens is 1. The molecule has 0 bridgehead atoms. The van der Waals surface area contributed by atoms with Crippen molar-refractivity contribution in [2.45, 2.75) is 45.4 Å². The minimum Gasteiger partial charge on any atom is -0.371 e. The zero-order valence-electron chi connectivity index (χ0n) is 23.0. The maximum absolute atomic E-state index is 13.7. The predicted molar refractivity (Wildman–Crippen MR) is 150 cm³/mol. The van der Waals surface area contributed by atoms with Crippen LogP contribution in [0.2, 0.25) is 0 Å². The molecule has 2 fully saturated rings. The van der Waals surface area contributed by atoms with Crippen molar-refractivity contribution in [3.63, 3.8) is 0 Å². The van der Waals surface area contributed by atoms with Crippen LogP contribution in [-0.2, 0) is 10.0 Å². The fraction of sp³-hybridized carbons (Fsp3) is 0.536. The van der Waals surface area contributed by atoms with Gasteiger partial charge in [-0.05, 0) is 93.9 Å². The number of carbonyl (C=O) groups is 1. The first kappa shape index (κ1) is 27.5. The first-order valence-electron chi connectivity index (χ1n) is 13.7. The average Bonchev–Trinajstić information content (AvgIpc) is 3.28. The molecule has 0 atom stereocenters. The van der Waals surface area contributed by atoms with Gasteiger partial charge in [-0.3, -0.25) is 4.79 Å². The molecular formula is C28H37FN6O3S. The summed E-state index contributed by atoms with van der Waals surface area (Å²) in [5.41, 5.74) is 2.70. The molecule has 2 saturated heterocycles. The van der Waals surface area contributed by atoms with Crippen LogP contribution in [0.15, 0.2) is 30.3 Å². The molecule has 1 N–H and O–H groups in total. The number of nitrogens with one attached hydrogen (secondary N) is 1. The molecule has 0 aliphatic carbocycles. The number of hydrogen-bond acceptors (Lipinski definition) is 7. The number of nitrogens with zero attached hydrogens (tertiary/aromatic N) is 5. The Morgan fingerprint density at radius 3 is 2.18 bits per heavy atom. The molecule has 2 aliphatic rings. The van der Waals surface area contributed by atoms with Gasteiger partial charge in [-0.2, -0.15) is 5.10 Å². The lowest BCUT2D eigenvalue weighted by atomic mass is 9.79. The summed E-state index contributed by atoms with van der Waals surface area (Å²) in [6.45, 7) is 8.07. The molecule has 9 nitrogen and oxygen atoms in total. The van der Waals surface area contributed by atoms with E-state index >= 15 is 0 Å². The molecule has 5 rings (SSSR count). The summed E-state index contributed by atoms with van der Waals surface area (Å²) in [4.78, 5) is 22.3. The van der Waals surface area contributed by atoms with E-state index in [0.29, 0.717) is 17.3 Å². The number of hydrogen-bond donors (Lipinski definition) is 1. The van der Waals surface area contributed by atoms with Gasteiger partial charge in [-0.15, -0.1) is 0 Å². The minimum atomic E-state index is -3.78. The fourth-order valence-corrected chi connectivity index (χ4v) is 6.43. The highest BCUT2D eigenvalue weighted by Crippen LogP contribution is 2.38. The lowest BCUT2D eigenvalue weighted by Crippen LogP contribution is -2.40. The predicted octanol–water partition coefficient (Wildman–Crippen LogP) is 3.93. The number of aromatic nitrogens is 3. The van der Waals surface area contributed by atoms with Crippen molar-refractivity contribution >= 4 is 32.7 Å². The van der Waals surface area contributed by atoms with Gasteiger partial charge < -0.3 is 9.80 Å². The number of likely N-dealkylation sites (tertiary alicyclic amines) is 1. The number of sulfonamides is 1. The molecule has 4 heterocycles. The largest absolute Gasteiger partial charge is 0.371 e. The van der Waals surface area contributed by atoms with Crippen molar-refractivity contribution in [1.29, 1.82) is 0 Å². The van der Waals surface area contributed by atoms with Crippen LogP contribution in [0.25, 0.3) is 16.7 Å². The topological polar surface area (TPSA) is 100 Å². The van der Waals surface area contributed by atoms with E-state index < -0.39 is 15.9 Å². The molecular weight excluding hydrogens is 519 g/mol. The minimum absolute atomic E-state index is 0.000987. The van der Waals surface area contributed by atoms with Gasteiger partial charge in [-0.1, -0.05) is 13.8 Å². The molecule has 210 valence electrons. The van der Waals surface area contributed by atoms with E-state index in [1.165, 1.54) is 25.0 Å². The van der Waals surface area contributed by atoms with E-state index in [0.717, 1.165) is 68.0 Å². The third-order valence-corrected chi connectivity index (χ3v) is 8.64. The number of benzene rings is 1. The molecule has 0 spiro atoms. The van der Waals surface area contributed by atoms with Crippen LogP contribution in [-0.4, -0.2) is 73.5 Å². The van der Waals surface area contributed by atoms with Crippen LogP contribution >= 0.6 is 0 Å². The third kappa shape index (κ3) is 5.94. The Hall–Kier alpha value is -3.05. The number of amides is 1. The molecule has 39 heavy (non-hydrogen) atoms. The number of piperidine rings is 2. The monoisotopic (exact) mass is 556 g/mol. The molecule has 3 aromatic rings. The van der Waals surface area contributed by atoms with E-state index in [9.17, 15) is 17.6 Å². The second kappa shape index (κ2) is 10.8. The van der Waals surface area contributed by atoms with E-state index in [-0.39, 0.29) is 17.4 Å². The van der Waals surface area contributed by atoms with Crippen molar-refractivity contribution in [1.82, 2.24) is 24.4 Å². The standard InChI is InChI=1S/C28H37FN6O3S/c1-18(2)26-25-24(34-15-11-20(12-16-34)19-9-13-33(3)14-10-19)17-23(28(36)32-39(4,37)38)30-27(25)35(31-26)22-7-5-21(29)6-8-22/h5-8,17-20H,9-16H2,1-4H3,(H,32,36). The van der Waals surface area contributed by atoms with Gasteiger partial charge >= 0.3 is 0 Å². The van der Waals surface area contributed by atoms with E-state index in [2.05, 4.69) is 35.7 Å². The van der Waals surface area contributed by atoms with Gasteiger partial charge in [-0.25, -0.2) is 27.2 Å². The van der Waals surface area contributed by atoms with Gasteiger partial charge in [0.1, 0.15) is 11.5 Å². The Kier molecular flexibility index (Phi) is 7.65. The quantitative estimate of drug-likeness (QED) is 0.491. The smallest absolute Gasteiger partial charge is 0.283 e. The number of rotatable bonds is 6. The SMILES string of the molecule is CC(C)c1nn(-c2ccc(F)cc2)c2nc(C(=O)NS(C)(=O)=O)cc(N3CCC(C4CCN(C)CC4)CC3)c12. The summed E-state index contributed by atoms with van der Waals surface area (Å²) in [5, 5.41) is 5.70. The van der Waals surface area contributed by atoms with Gasteiger partial charge in [0.25, 0.3) is 5.91 Å². The molecule has 11 heteroatoms. The summed E-state index contributed by atoms with van der Waals surface area (Å²) < 4.78 is 41.1. The summed E-state index contributed by atoms with van der Waals surface area (Å²) in [6, 6.07) is 7.63. The normalized spacial score (nSPS) is 18.3. The van der Waals surface area contributed by atoms with Gasteiger partial charge in [0, 0.05) is 13.1 Å². The summed E-state index contributed by atoms with van der Waals surface area (Å²) in [7, 11) is -1.60. The summed E-state index contributed by atoms with van der Waals surface area (Å²) >= 11 is 0. The van der Waals surface area contributed by atoms with E-state index in [4.69, 9.17) is 5.10 Å². The van der Waals surface area contributed by atoms with Gasteiger partial charge in [0.05, 0.1) is 28.7 Å². The molecule has 2 aliphatic heterocycles. The van der Waals surface area contributed by atoms with Crippen molar-refractivity contribution in [3.8, 4) is 5.69 Å². The molecule has 2 aromatic heterocycles. The highest BCUT2D eigenvalue weighted by molar-refractivity contribution is 7.89. The maximum atomic E-state index is 13.7. The first-order valence-corrected chi connectivity index (χ1v) is 15.5. The highest BCUT2D eigenvalue weighted by atomic mass is 32.2. The lowest BCUT2D eigenvalue weighted by molar-refractivity contribution is 0.0977. The molecule has 0 radical (unpaired) electrons. The molecule has 1 amide bonds. The zero-order valence-corrected chi connectivity index (χ0v) is 23.8. The molecule has 1 aromatic carbocycles. The van der Waals surface area contributed by atoms with Crippen molar-refractivity contribution in [2.75, 3.05) is 44.4 Å². The number of anilines is 1. The summed E-state index contributed by atoms with van der Waals surface area (Å²) in [5.74, 6) is 0.312. The average molecular weight is 557 g/mol. The first-order chi connectivity index (χ1) is 18.5. The van der Waals surface area contributed by atoms with Crippen LogP contribution in [0.3, 0.4) is 0 Å². The van der Waals surface area contributed by atoms with Crippen LogP contribution in [0.5, 0.6) is 0 Å². The van der Waals surface area contributed by atoms with Crippen LogP contribution in [0.1, 0.15) is 61.6 Å². The third-order valence-electron chi connectivity index (χ3n) is 8.08. The second-order valence-corrected chi connectivity index (χ2v) is 13.1. The Balaban J connectivity index is 1.58.